The highest BCUT2D eigenvalue weighted by atomic mass is 31.2. The van der Waals surface area contributed by atoms with E-state index in [2.05, 4.69) is 88.5 Å². The molecule has 0 aromatic carbocycles. The Morgan fingerprint density at radius 1 is 0.298 bits per heavy atom. The summed E-state index contributed by atoms with van der Waals surface area (Å²) in [7, 11) is -9.94. The fourth-order valence-electron chi connectivity index (χ4n) is 10.2. The number of unbranched alkanes of at least 4 members (excludes halogenated alkanes) is 35. The van der Waals surface area contributed by atoms with E-state index in [1.54, 1.807) is 0 Å². The largest absolute Gasteiger partial charge is 0.472 e. The Bertz CT molecular complexity index is 2030. The van der Waals surface area contributed by atoms with Crippen molar-refractivity contribution in [3.05, 3.63) is 60.8 Å². The van der Waals surface area contributed by atoms with Gasteiger partial charge in [-0.05, 0) is 109 Å². The van der Waals surface area contributed by atoms with Crippen LogP contribution >= 0.6 is 15.6 Å². The highest BCUT2D eigenvalue weighted by Gasteiger charge is 2.30. The van der Waals surface area contributed by atoms with Gasteiger partial charge in [-0.25, -0.2) is 9.13 Å². The molecule has 0 saturated heterocycles. The molecule has 3 N–H and O–H groups in total. The second-order valence-electron chi connectivity index (χ2n) is 25.2. The van der Waals surface area contributed by atoms with Gasteiger partial charge in [0.15, 0.2) is 12.2 Å². The van der Waals surface area contributed by atoms with E-state index in [9.17, 15) is 43.2 Å². The summed E-state index contributed by atoms with van der Waals surface area (Å²) in [6, 6.07) is 0. The molecular weight excluding hydrogens is 1230 g/mol. The van der Waals surface area contributed by atoms with Gasteiger partial charge in [0.1, 0.15) is 19.3 Å². The number of allylic oxidation sites excluding steroid dienone is 10. The summed E-state index contributed by atoms with van der Waals surface area (Å²) < 4.78 is 68.4. The molecule has 0 aliphatic heterocycles. The predicted molar refractivity (Wildman–Crippen MR) is 381 cm³/mol. The fourth-order valence-corrected chi connectivity index (χ4v) is 11.7. The number of rotatable bonds is 71. The Kier molecular flexibility index (Phi) is 65.9. The molecule has 548 valence electrons. The maximum atomic E-state index is 13.0. The summed E-state index contributed by atoms with van der Waals surface area (Å²) in [5, 5.41) is 10.6. The van der Waals surface area contributed by atoms with Crippen LogP contribution in [0.3, 0.4) is 0 Å². The topological polar surface area (TPSA) is 237 Å². The molecule has 0 bridgehead atoms. The number of carbonyl (C=O) groups is 4. The van der Waals surface area contributed by atoms with Gasteiger partial charge in [0, 0.05) is 25.7 Å². The molecule has 17 nitrogen and oxygen atoms in total. The minimum Gasteiger partial charge on any atom is -0.462 e. The van der Waals surface area contributed by atoms with E-state index >= 15 is 0 Å². The van der Waals surface area contributed by atoms with Crippen molar-refractivity contribution in [3.8, 4) is 0 Å². The van der Waals surface area contributed by atoms with Crippen molar-refractivity contribution >= 4 is 39.5 Å². The molecule has 0 saturated carbocycles. The smallest absolute Gasteiger partial charge is 0.462 e. The van der Waals surface area contributed by atoms with Gasteiger partial charge in [-0.2, -0.15) is 0 Å². The molecule has 0 fully saturated rings. The lowest BCUT2D eigenvalue weighted by atomic mass is 10.0. The molecule has 0 amide bonds. The van der Waals surface area contributed by atoms with Crippen molar-refractivity contribution in [2.75, 3.05) is 39.6 Å². The van der Waals surface area contributed by atoms with Crippen molar-refractivity contribution in [1.82, 2.24) is 0 Å². The first kappa shape index (κ1) is 90.8. The van der Waals surface area contributed by atoms with Crippen molar-refractivity contribution in [2.45, 2.75) is 354 Å². The normalized spacial score (nSPS) is 14.3. The zero-order valence-electron chi connectivity index (χ0n) is 59.6. The summed E-state index contributed by atoms with van der Waals surface area (Å²) in [5.41, 5.74) is 0. The molecule has 94 heavy (non-hydrogen) atoms. The molecule has 0 radical (unpaired) electrons. The molecule has 0 rings (SSSR count). The van der Waals surface area contributed by atoms with Crippen LogP contribution in [0.5, 0.6) is 0 Å². The van der Waals surface area contributed by atoms with Crippen LogP contribution in [0.2, 0.25) is 0 Å². The SMILES string of the molecule is CCC/C=C\C/C=C\CCCCCCCC(=O)OC(COC(=O)CCCCCCC/C=C\C/C=C\CCCCC)COP(=O)(O)OCC(O)COP(=O)(O)OCC(COC(=O)CCCCCCC/C=C\CCCCCC)OC(=O)CCCCCCCCCCCCCCC. The lowest BCUT2D eigenvalue weighted by molar-refractivity contribution is -0.161. The van der Waals surface area contributed by atoms with Crippen LogP contribution in [0, 0.1) is 0 Å². The molecule has 0 aromatic rings. The van der Waals surface area contributed by atoms with Crippen molar-refractivity contribution in [3.63, 3.8) is 0 Å². The average Bonchev–Trinajstić information content (AvgIpc) is 1.63. The minimum absolute atomic E-state index is 0.0787. The van der Waals surface area contributed by atoms with Gasteiger partial charge in [0.05, 0.1) is 26.4 Å². The van der Waals surface area contributed by atoms with Crippen LogP contribution in [0.1, 0.15) is 336 Å². The van der Waals surface area contributed by atoms with E-state index in [0.29, 0.717) is 25.7 Å². The second kappa shape index (κ2) is 68.3. The summed E-state index contributed by atoms with van der Waals surface area (Å²) in [5.74, 6) is -2.19. The Hall–Kier alpha value is -3.24. The van der Waals surface area contributed by atoms with Gasteiger partial charge < -0.3 is 33.8 Å². The predicted octanol–water partition coefficient (Wildman–Crippen LogP) is 21.1. The Balaban J connectivity index is 5.33. The number of hydrogen-bond acceptors (Lipinski definition) is 15. The Morgan fingerprint density at radius 2 is 0.543 bits per heavy atom. The van der Waals surface area contributed by atoms with Crippen molar-refractivity contribution in [1.29, 1.82) is 0 Å². The van der Waals surface area contributed by atoms with Crippen LogP contribution in [0.25, 0.3) is 0 Å². The molecule has 0 spiro atoms. The number of aliphatic hydroxyl groups is 1. The lowest BCUT2D eigenvalue weighted by Gasteiger charge is -2.21. The van der Waals surface area contributed by atoms with E-state index in [4.69, 9.17) is 37.0 Å². The molecule has 0 aliphatic rings. The number of carbonyl (C=O) groups excluding carboxylic acids is 4. The summed E-state index contributed by atoms with van der Waals surface area (Å²) in [6.07, 6.45) is 65.0. The maximum Gasteiger partial charge on any atom is 0.472 e. The van der Waals surface area contributed by atoms with Gasteiger partial charge in [-0.1, -0.05) is 262 Å². The number of ether oxygens (including phenoxy) is 4. The summed E-state index contributed by atoms with van der Waals surface area (Å²) in [6.45, 7) is 4.76. The third-order valence-corrected chi connectivity index (χ3v) is 17.8. The van der Waals surface area contributed by atoms with Crippen molar-refractivity contribution in [2.24, 2.45) is 0 Å². The summed E-state index contributed by atoms with van der Waals surface area (Å²) >= 11 is 0. The van der Waals surface area contributed by atoms with E-state index in [-0.39, 0.29) is 25.7 Å². The molecule has 5 atom stereocenters. The number of phosphoric acid groups is 2. The zero-order chi connectivity index (χ0) is 69.0. The molecule has 19 heteroatoms. The Labute approximate surface area is 571 Å². The first-order valence-corrected chi connectivity index (χ1v) is 40.5. The van der Waals surface area contributed by atoms with E-state index in [0.717, 1.165) is 161 Å². The van der Waals surface area contributed by atoms with Crippen LogP contribution in [0.4, 0.5) is 0 Å². The minimum atomic E-state index is -4.97. The molecule has 0 heterocycles. The quantitative estimate of drug-likeness (QED) is 0.0169. The molecular formula is C75H136O17P2. The van der Waals surface area contributed by atoms with Gasteiger partial charge in [-0.3, -0.25) is 37.3 Å². The Morgan fingerprint density at radius 3 is 0.872 bits per heavy atom. The highest BCUT2D eigenvalue weighted by Crippen LogP contribution is 2.45. The van der Waals surface area contributed by atoms with Gasteiger partial charge in [0.2, 0.25) is 0 Å². The number of phosphoric ester groups is 2. The van der Waals surface area contributed by atoms with Crippen LogP contribution < -0.4 is 0 Å². The first-order valence-electron chi connectivity index (χ1n) is 37.5. The van der Waals surface area contributed by atoms with E-state index in [1.165, 1.54) is 96.3 Å². The van der Waals surface area contributed by atoms with Crippen molar-refractivity contribution < 1.29 is 80.2 Å². The maximum absolute atomic E-state index is 13.0. The van der Waals surface area contributed by atoms with E-state index in [1.807, 2.05) is 0 Å². The molecule has 0 aromatic heterocycles. The van der Waals surface area contributed by atoms with Crippen LogP contribution in [-0.4, -0.2) is 96.7 Å². The third kappa shape index (κ3) is 67.3. The van der Waals surface area contributed by atoms with Gasteiger partial charge in [0.25, 0.3) is 0 Å². The monoisotopic (exact) mass is 1370 g/mol. The summed E-state index contributed by atoms with van der Waals surface area (Å²) in [4.78, 5) is 72.7. The van der Waals surface area contributed by atoms with Gasteiger partial charge in [-0.15, -0.1) is 0 Å². The average molecular weight is 1370 g/mol. The standard InChI is InChI=1S/C75H136O17P2/c1-5-9-13-17-21-25-29-33-34-38-40-44-48-52-56-60-73(78)86-66-71(92-75(80)62-58-54-50-46-42-37-32-28-24-20-16-12-8-4)68-90-94(83,84)88-64-69(76)63-87-93(81,82)89-67-70(91-74(79)61-57-53-49-45-41-36-31-27-23-19-15-11-7-3)65-85-72(77)59-55-51-47-43-39-35-30-26-22-18-14-10-6-2/h16,20-21,25-26,28,30,32-34,69-71,76H,5-15,17-19,22-24,27,29,31,35-68H2,1-4H3,(H,81,82)(H,83,84)/b20-16-,25-21-,30-26-,32-28-,34-33-. The number of esters is 4. The van der Waals surface area contributed by atoms with E-state index < -0.39 is 97.5 Å². The second-order valence-corrected chi connectivity index (χ2v) is 28.1. The van der Waals surface area contributed by atoms with Crippen LogP contribution in [-0.2, 0) is 65.4 Å². The zero-order valence-corrected chi connectivity index (χ0v) is 61.4. The van der Waals surface area contributed by atoms with Crippen LogP contribution in [0.15, 0.2) is 60.8 Å². The molecule has 5 unspecified atom stereocenters. The number of hydrogen-bond donors (Lipinski definition) is 3. The fraction of sp³-hybridized carbons (Fsp3) is 0.813. The lowest BCUT2D eigenvalue weighted by Crippen LogP contribution is -2.30. The molecule has 0 aliphatic carbocycles. The highest BCUT2D eigenvalue weighted by molar-refractivity contribution is 7.47. The third-order valence-electron chi connectivity index (χ3n) is 15.9. The number of aliphatic hydroxyl groups excluding tert-OH is 1. The first-order chi connectivity index (χ1) is 45.7. The van der Waals surface area contributed by atoms with Gasteiger partial charge >= 0.3 is 39.5 Å².